The van der Waals surface area contributed by atoms with Gasteiger partial charge in [-0.15, -0.1) is 0 Å². The fourth-order valence-electron chi connectivity index (χ4n) is 3.81. The molecule has 3 atom stereocenters. The number of nitrogens with zero attached hydrogens (tertiary/aromatic N) is 1. The van der Waals surface area contributed by atoms with Crippen LogP contribution < -0.4 is 5.43 Å². The van der Waals surface area contributed by atoms with Gasteiger partial charge in [0.2, 0.25) is 5.91 Å². The van der Waals surface area contributed by atoms with Crippen molar-refractivity contribution in [2.24, 2.45) is 11.0 Å². The Morgan fingerprint density at radius 1 is 1.04 bits per heavy atom. The number of rotatable bonds is 2. The molecule has 4 heteroatoms. The van der Waals surface area contributed by atoms with Crippen molar-refractivity contribution in [3.8, 4) is 0 Å². The Hall–Kier alpha value is -2.46. The second-order valence-electron chi connectivity index (χ2n) is 6.35. The molecule has 0 bridgehead atoms. The van der Waals surface area contributed by atoms with Crippen LogP contribution >= 0.6 is 0 Å². The van der Waals surface area contributed by atoms with Gasteiger partial charge in [0, 0.05) is 12.3 Å². The maximum atomic E-state index is 12.2. The molecule has 1 fully saturated rings. The van der Waals surface area contributed by atoms with Crippen LogP contribution in [0.2, 0.25) is 0 Å². The first-order chi connectivity index (χ1) is 11.2. The molecular formula is C19H18N2O2. The lowest BCUT2D eigenvalue weighted by Crippen LogP contribution is -2.43. The number of nitrogens with one attached hydrogen (secondary N) is 1. The second kappa shape index (κ2) is 5.32. The van der Waals surface area contributed by atoms with Crippen LogP contribution in [0.25, 0.3) is 0 Å². The van der Waals surface area contributed by atoms with Crippen molar-refractivity contribution in [1.29, 1.82) is 0 Å². The molecular weight excluding hydrogens is 288 g/mol. The molecule has 2 aliphatic rings. The maximum Gasteiger partial charge on any atom is 0.249 e. The normalized spacial score (nSPS) is 29.6. The standard InChI is InChI=1S/C19H18N2O2/c22-18-17-15(13-7-3-1-4-8-13)11-19(23,12-16(17)20-21-18)14-9-5-2-6-10-14/h1-10,15,17,23H,11-12H2,(H,21,22)/t15-,17-,19-/m0/s1. The molecule has 0 unspecified atom stereocenters. The highest BCUT2D eigenvalue weighted by Crippen LogP contribution is 2.47. The summed E-state index contributed by atoms with van der Waals surface area (Å²) in [6.45, 7) is 0. The topological polar surface area (TPSA) is 61.7 Å². The molecule has 1 heterocycles. The smallest absolute Gasteiger partial charge is 0.249 e. The number of amides is 1. The van der Waals surface area contributed by atoms with Crippen molar-refractivity contribution in [3.05, 3.63) is 71.8 Å². The first-order valence-electron chi connectivity index (χ1n) is 7.86. The zero-order valence-electron chi connectivity index (χ0n) is 12.6. The lowest BCUT2D eigenvalue weighted by atomic mass is 9.66. The summed E-state index contributed by atoms with van der Waals surface area (Å²) < 4.78 is 0. The number of fused-ring (bicyclic) bond motifs is 1. The van der Waals surface area contributed by atoms with Crippen molar-refractivity contribution in [2.45, 2.75) is 24.4 Å². The van der Waals surface area contributed by atoms with E-state index < -0.39 is 5.60 Å². The molecule has 0 radical (unpaired) electrons. The van der Waals surface area contributed by atoms with Gasteiger partial charge in [-0.25, -0.2) is 5.43 Å². The van der Waals surface area contributed by atoms with E-state index in [1.54, 1.807) is 0 Å². The summed E-state index contributed by atoms with van der Waals surface area (Å²) in [5.41, 5.74) is 4.29. The van der Waals surface area contributed by atoms with Gasteiger partial charge < -0.3 is 5.11 Å². The summed E-state index contributed by atoms with van der Waals surface area (Å²) in [4.78, 5) is 12.2. The van der Waals surface area contributed by atoms with E-state index in [0.717, 1.165) is 16.8 Å². The molecule has 0 aromatic heterocycles. The van der Waals surface area contributed by atoms with Gasteiger partial charge in [0.1, 0.15) is 0 Å². The van der Waals surface area contributed by atoms with Gasteiger partial charge in [-0.3, -0.25) is 4.79 Å². The highest BCUT2D eigenvalue weighted by Gasteiger charge is 2.49. The minimum absolute atomic E-state index is 0.0658. The summed E-state index contributed by atoms with van der Waals surface area (Å²) in [6.07, 6.45) is 0.905. The number of benzene rings is 2. The SMILES string of the molecule is O=C1NN=C2C[C@](O)(c3ccccc3)C[C@@H](c3ccccc3)[C@H]12. The molecule has 1 aliphatic heterocycles. The average Bonchev–Trinajstić information content (AvgIpc) is 2.96. The molecule has 2 aromatic rings. The van der Waals surface area contributed by atoms with Crippen molar-refractivity contribution >= 4 is 11.6 Å². The molecule has 1 amide bonds. The van der Waals surface area contributed by atoms with Crippen molar-refractivity contribution in [2.75, 3.05) is 0 Å². The predicted molar refractivity (Wildman–Crippen MR) is 87.8 cm³/mol. The highest BCUT2D eigenvalue weighted by atomic mass is 16.3. The van der Waals surface area contributed by atoms with Crippen LogP contribution in [-0.2, 0) is 10.4 Å². The van der Waals surface area contributed by atoms with Crippen LogP contribution in [0.15, 0.2) is 65.8 Å². The zero-order valence-corrected chi connectivity index (χ0v) is 12.6. The van der Waals surface area contributed by atoms with Gasteiger partial charge in [0.05, 0.1) is 17.2 Å². The van der Waals surface area contributed by atoms with E-state index in [9.17, 15) is 9.90 Å². The van der Waals surface area contributed by atoms with E-state index in [-0.39, 0.29) is 17.7 Å². The number of carbonyl (C=O) groups excluding carboxylic acids is 1. The third kappa shape index (κ3) is 2.35. The van der Waals surface area contributed by atoms with Crippen molar-refractivity contribution < 1.29 is 9.90 Å². The lowest BCUT2D eigenvalue weighted by molar-refractivity contribution is -0.123. The number of hydrogen-bond donors (Lipinski definition) is 2. The Morgan fingerprint density at radius 2 is 1.70 bits per heavy atom. The van der Waals surface area contributed by atoms with Crippen LogP contribution in [0.1, 0.15) is 29.9 Å². The number of aliphatic hydroxyl groups is 1. The fraction of sp³-hybridized carbons (Fsp3) is 0.263. The molecule has 0 spiro atoms. The molecule has 1 saturated carbocycles. The van der Waals surface area contributed by atoms with Gasteiger partial charge in [0.15, 0.2) is 0 Å². The molecule has 4 nitrogen and oxygen atoms in total. The van der Waals surface area contributed by atoms with Crippen LogP contribution in [0.4, 0.5) is 0 Å². The third-order valence-corrected chi connectivity index (χ3v) is 4.92. The Morgan fingerprint density at radius 3 is 2.39 bits per heavy atom. The molecule has 116 valence electrons. The van der Waals surface area contributed by atoms with Crippen LogP contribution in [0.3, 0.4) is 0 Å². The Balaban J connectivity index is 1.78. The fourth-order valence-corrected chi connectivity index (χ4v) is 3.81. The first kappa shape index (κ1) is 14.2. The van der Waals surface area contributed by atoms with Crippen LogP contribution in [0.5, 0.6) is 0 Å². The summed E-state index contributed by atoms with van der Waals surface area (Å²) in [5, 5.41) is 15.5. The minimum atomic E-state index is -0.997. The lowest BCUT2D eigenvalue weighted by Gasteiger charge is -2.40. The minimum Gasteiger partial charge on any atom is -0.385 e. The number of hydrogen-bond acceptors (Lipinski definition) is 3. The first-order valence-corrected chi connectivity index (χ1v) is 7.86. The number of hydrazone groups is 1. The second-order valence-corrected chi connectivity index (χ2v) is 6.35. The van der Waals surface area contributed by atoms with E-state index in [4.69, 9.17) is 0 Å². The van der Waals surface area contributed by atoms with E-state index in [1.165, 1.54) is 0 Å². The Labute approximate surface area is 134 Å². The maximum absolute atomic E-state index is 12.2. The highest BCUT2D eigenvalue weighted by molar-refractivity contribution is 6.09. The summed E-state index contributed by atoms with van der Waals surface area (Å²) in [5.74, 6) is -0.415. The van der Waals surface area contributed by atoms with Crippen molar-refractivity contribution in [1.82, 2.24) is 5.43 Å². The van der Waals surface area contributed by atoms with Crippen molar-refractivity contribution in [3.63, 3.8) is 0 Å². The van der Waals surface area contributed by atoms with Crippen LogP contribution in [0, 0.1) is 5.92 Å². The molecule has 2 N–H and O–H groups in total. The summed E-state index contributed by atoms with van der Waals surface area (Å²) in [7, 11) is 0. The van der Waals surface area contributed by atoms with Gasteiger partial charge in [-0.1, -0.05) is 60.7 Å². The van der Waals surface area contributed by atoms with Gasteiger partial charge in [-0.2, -0.15) is 5.10 Å². The van der Waals surface area contributed by atoms with E-state index >= 15 is 0 Å². The molecule has 23 heavy (non-hydrogen) atoms. The molecule has 4 rings (SSSR count). The van der Waals surface area contributed by atoms with E-state index in [2.05, 4.69) is 10.5 Å². The Bertz CT molecular complexity index is 757. The summed E-state index contributed by atoms with van der Waals surface area (Å²) in [6, 6.07) is 19.6. The van der Waals surface area contributed by atoms with E-state index in [1.807, 2.05) is 60.7 Å². The molecule has 0 saturated heterocycles. The largest absolute Gasteiger partial charge is 0.385 e. The quantitative estimate of drug-likeness (QED) is 0.895. The molecule has 2 aromatic carbocycles. The monoisotopic (exact) mass is 306 g/mol. The Kier molecular flexibility index (Phi) is 3.27. The predicted octanol–water partition coefficient (Wildman–Crippen LogP) is 2.55. The summed E-state index contributed by atoms with van der Waals surface area (Å²) >= 11 is 0. The van der Waals surface area contributed by atoms with Gasteiger partial charge in [-0.05, 0) is 17.5 Å². The number of carbonyl (C=O) groups is 1. The zero-order chi connectivity index (χ0) is 15.9. The average molecular weight is 306 g/mol. The van der Waals surface area contributed by atoms with Gasteiger partial charge >= 0.3 is 0 Å². The van der Waals surface area contributed by atoms with E-state index in [0.29, 0.717) is 12.8 Å². The van der Waals surface area contributed by atoms with Gasteiger partial charge in [0.25, 0.3) is 0 Å². The van der Waals surface area contributed by atoms with Crippen LogP contribution in [-0.4, -0.2) is 16.7 Å². The molecule has 1 aliphatic carbocycles. The third-order valence-electron chi connectivity index (χ3n) is 4.92.